The van der Waals surface area contributed by atoms with Crippen LogP contribution in [0.2, 0.25) is 0 Å². The maximum absolute atomic E-state index is 13.1. The van der Waals surface area contributed by atoms with Crippen LogP contribution in [0, 0.1) is 0 Å². The molecule has 0 radical (unpaired) electrons. The first-order chi connectivity index (χ1) is 9.12. The van der Waals surface area contributed by atoms with E-state index in [-0.39, 0.29) is 0 Å². The van der Waals surface area contributed by atoms with Gasteiger partial charge in [0.05, 0.1) is 0 Å². The second-order valence-corrected chi connectivity index (χ2v) is 3.06. The second kappa shape index (κ2) is 5.90. The van der Waals surface area contributed by atoms with Gasteiger partial charge in [-0.2, -0.15) is 48.3 Å². The maximum atomic E-state index is 13.1. The van der Waals surface area contributed by atoms with E-state index in [0.717, 1.165) is 0 Å². The Kier molecular flexibility index (Phi) is 5.57. The number of alkyl halides is 9. The largest absolute Gasteiger partial charge is 0.458 e. The average molecular weight is 346 g/mol. The summed E-state index contributed by atoms with van der Waals surface area (Å²) in [5.74, 6) is -10.9. The molecule has 0 bridgehead atoms. The standard InChI is InChI=1S/C7H2F12O2/c8-1-20-7(18,19)5(14,6(15,16)17)21-4(12,13)2(9)3(10)11/h1H2. The van der Waals surface area contributed by atoms with E-state index >= 15 is 0 Å². The van der Waals surface area contributed by atoms with Crippen molar-refractivity contribution in [3.63, 3.8) is 0 Å². The third-order valence-corrected chi connectivity index (χ3v) is 1.67. The summed E-state index contributed by atoms with van der Waals surface area (Å²) in [5, 5.41) is 0. The smallest absolute Gasteiger partial charge is 0.284 e. The molecule has 1 unspecified atom stereocenters. The fourth-order valence-electron chi connectivity index (χ4n) is 0.775. The maximum Gasteiger partial charge on any atom is 0.458 e. The minimum absolute atomic E-state index is 1.85. The topological polar surface area (TPSA) is 18.5 Å². The third kappa shape index (κ3) is 3.93. The Balaban J connectivity index is 5.86. The number of halogens is 12. The number of hydrogen-bond donors (Lipinski definition) is 0. The van der Waals surface area contributed by atoms with E-state index in [1.54, 1.807) is 0 Å². The van der Waals surface area contributed by atoms with Gasteiger partial charge >= 0.3 is 30.3 Å². The Morgan fingerprint density at radius 2 is 1.24 bits per heavy atom. The molecule has 0 aromatic heterocycles. The van der Waals surface area contributed by atoms with Gasteiger partial charge in [-0.05, 0) is 0 Å². The van der Waals surface area contributed by atoms with Crippen molar-refractivity contribution < 1.29 is 62.2 Å². The van der Waals surface area contributed by atoms with Crippen molar-refractivity contribution in [2.75, 3.05) is 6.86 Å². The average Bonchev–Trinajstić information content (AvgIpc) is 2.25. The summed E-state index contributed by atoms with van der Waals surface area (Å²) < 4.78 is 150. The fraction of sp³-hybridized carbons (Fsp3) is 0.714. The summed E-state index contributed by atoms with van der Waals surface area (Å²) in [7, 11) is 0. The molecule has 0 spiro atoms. The minimum atomic E-state index is -7.03. The molecule has 0 rings (SSSR count). The van der Waals surface area contributed by atoms with Crippen LogP contribution in [0.5, 0.6) is 0 Å². The molecule has 1 atom stereocenters. The van der Waals surface area contributed by atoms with Gasteiger partial charge in [-0.25, -0.2) is 4.39 Å². The molecule has 0 heterocycles. The number of ether oxygens (including phenoxy) is 2. The first-order valence-corrected chi connectivity index (χ1v) is 4.25. The number of hydrogen-bond acceptors (Lipinski definition) is 2. The summed E-state index contributed by atoms with van der Waals surface area (Å²) in [6.45, 7) is -2.79. The predicted molar refractivity (Wildman–Crippen MR) is 38.3 cm³/mol. The molecule has 0 aromatic rings. The summed E-state index contributed by atoms with van der Waals surface area (Å²) in [6, 6.07) is 0. The fourth-order valence-corrected chi connectivity index (χ4v) is 0.775. The van der Waals surface area contributed by atoms with Gasteiger partial charge in [0.1, 0.15) is 0 Å². The van der Waals surface area contributed by atoms with Crippen molar-refractivity contribution in [3.05, 3.63) is 11.9 Å². The molecule has 0 fully saturated rings. The molecule has 0 saturated heterocycles. The molecule has 0 aliphatic rings. The zero-order valence-electron chi connectivity index (χ0n) is 9.06. The molecule has 21 heavy (non-hydrogen) atoms. The van der Waals surface area contributed by atoms with Crippen molar-refractivity contribution >= 4 is 0 Å². The highest BCUT2D eigenvalue weighted by atomic mass is 19.4. The van der Waals surface area contributed by atoms with Crippen LogP contribution >= 0.6 is 0 Å². The molecule has 14 heteroatoms. The molecule has 126 valence electrons. The lowest BCUT2D eigenvalue weighted by molar-refractivity contribution is -0.498. The third-order valence-electron chi connectivity index (χ3n) is 1.67. The van der Waals surface area contributed by atoms with Gasteiger partial charge in [0, 0.05) is 0 Å². The quantitative estimate of drug-likeness (QED) is 0.662. The first kappa shape index (κ1) is 19.8. The summed E-state index contributed by atoms with van der Waals surface area (Å²) in [5.41, 5.74) is 0. The Hall–Kier alpha value is -1.18. The molecule has 0 saturated carbocycles. The Morgan fingerprint density at radius 1 is 0.810 bits per heavy atom. The lowest BCUT2D eigenvalue weighted by Crippen LogP contribution is -2.61. The second-order valence-electron chi connectivity index (χ2n) is 3.06. The monoisotopic (exact) mass is 346 g/mol. The highest BCUT2D eigenvalue weighted by Crippen LogP contribution is 2.50. The number of rotatable bonds is 6. The van der Waals surface area contributed by atoms with Gasteiger partial charge in [-0.3, -0.25) is 9.47 Å². The van der Waals surface area contributed by atoms with Crippen LogP contribution in [0.3, 0.4) is 0 Å². The van der Waals surface area contributed by atoms with E-state index in [9.17, 15) is 52.7 Å². The van der Waals surface area contributed by atoms with Gasteiger partial charge in [0.2, 0.25) is 0 Å². The van der Waals surface area contributed by atoms with E-state index in [1.165, 1.54) is 0 Å². The van der Waals surface area contributed by atoms with Gasteiger partial charge < -0.3 is 0 Å². The molecule has 0 amide bonds. The van der Waals surface area contributed by atoms with E-state index in [1.807, 2.05) is 4.74 Å². The molecule has 0 N–H and O–H groups in total. The Labute approximate surface area is 106 Å². The van der Waals surface area contributed by atoms with Gasteiger partial charge in [-0.15, -0.1) is 0 Å². The molecule has 0 aliphatic heterocycles. The van der Waals surface area contributed by atoms with Crippen LogP contribution < -0.4 is 0 Å². The van der Waals surface area contributed by atoms with Crippen molar-refractivity contribution in [2.24, 2.45) is 0 Å². The van der Waals surface area contributed by atoms with E-state index in [4.69, 9.17) is 0 Å². The van der Waals surface area contributed by atoms with Crippen LogP contribution in [-0.4, -0.2) is 31.1 Å². The molecule has 0 aromatic carbocycles. The van der Waals surface area contributed by atoms with Gasteiger partial charge in [-0.1, -0.05) is 0 Å². The highest BCUT2D eigenvalue weighted by Gasteiger charge is 2.78. The van der Waals surface area contributed by atoms with E-state index in [0.29, 0.717) is 0 Å². The van der Waals surface area contributed by atoms with Crippen LogP contribution in [0.1, 0.15) is 0 Å². The summed E-state index contributed by atoms with van der Waals surface area (Å²) in [6.07, 6.45) is -23.9. The summed E-state index contributed by atoms with van der Waals surface area (Å²) >= 11 is 0. The molecule has 2 nitrogen and oxygen atoms in total. The Morgan fingerprint density at radius 3 is 1.52 bits per heavy atom. The van der Waals surface area contributed by atoms with Gasteiger partial charge in [0.25, 0.3) is 5.83 Å². The minimum Gasteiger partial charge on any atom is -0.284 e. The lowest BCUT2D eigenvalue weighted by Gasteiger charge is -2.34. The van der Waals surface area contributed by atoms with E-state index in [2.05, 4.69) is 4.74 Å². The zero-order chi connectivity index (χ0) is 17.3. The summed E-state index contributed by atoms with van der Waals surface area (Å²) in [4.78, 5) is 0. The molecular weight excluding hydrogens is 344 g/mol. The van der Waals surface area contributed by atoms with Crippen molar-refractivity contribution in [3.8, 4) is 0 Å². The van der Waals surface area contributed by atoms with Crippen molar-refractivity contribution in [1.29, 1.82) is 0 Å². The van der Waals surface area contributed by atoms with Crippen LogP contribution in [-0.2, 0) is 9.47 Å². The SMILES string of the molecule is FCOC(F)(F)C(F)(OC(F)(F)C(F)=C(F)F)C(F)(F)F. The molecular formula is C7H2F12O2. The van der Waals surface area contributed by atoms with Gasteiger partial charge in [0.15, 0.2) is 6.86 Å². The molecule has 0 aliphatic carbocycles. The lowest BCUT2D eigenvalue weighted by atomic mass is 10.2. The van der Waals surface area contributed by atoms with Crippen LogP contribution in [0.15, 0.2) is 11.9 Å². The van der Waals surface area contributed by atoms with Crippen LogP contribution in [0.4, 0.5) is 52.7 Å². The Bertz CT molecular complexity index is 397. The highest BCUT2D eigenvalue weighted by molar-refractivity contribution is 5.02. The van der Waals surface area contributed by atoms with E-state index < -0.39 is 43.0 Å². The van der Waals surface area contributed by atoms with Crippen molar-refractivity contribution in [2.45, 2.75) is 24.2 Å². The van der Waals surface area contributed by atoms with Crippen molar-refractivity contribution in [1.82, 2.24) is 0 Å². The normalized spacial score (nSPS) is 16.6. The van der Waals surface area contributed by atoms with Crippen LogP contribution in [0.25, 0.3) is 0 Å². The zero-order valence-corrected chi connectivity index (χ0v) is 9.06. The first-order valence-electron chi connectivity index (χ1n) is 4.25. The predicted octanol–water partition coefficient (Wildman–Crippen LogP) is 4.44.